The zero-order valence-electron chi connectivity index (χ0n) is 9.74. The van der Waals surface area contributed by atoms with Gasteiger partial charge in [-0.05, 0) is 25.7 Å². The van der Waals surface area contributed by atoms with Gasteiger partial charge in [0.2, 0.25) is 5.91 Å². The van der Waals surface area contributed by atoms with E-state index in [2.05, 4.69) is 4.90 Å². The van der Waals surface area contributed by atoms with E-state index in [0.29, 0.717) is 18.0 Å². The summed E-state index contributed by atoms with van der Waals surface area (Å²) in [5.74, 6) is 0.470. The Morgan fingerprint density at radius 2 is 1.67 bits per heavy atom. The average molecular weight is 211 g/mol. The lowest BCUT2D eigenvalue weighted by atomic mass is 10.0. The fourth-order valence-electron chi connectivity index (χ4n) is 2.27. The lowest BCUT2D eigenvalue weighted by Crippen LogP contribution is -2.46. The average Bonchev–Trinajstić information content (AvgIpc) is 3.04. The molecule has 0 N–H and O–H groups in total. The fraction of sp³-hybridized carbons (Fsp3) is 0.917. The second-order valence-electron chi connectivity index (χ2n) is 4.97. The first-order valence-electron chi connectivity index (χ1n) is 6.10. The monoisotopic (exact) mass is 211 g/mol. The second kappa shape index (κ2) is 4.52. The molecule has 0 spiro atoms. The predicted octanol–water partition coefficient (Wildman–Crippen LogP) is 1.81. The maximum absolute atomic E-state index is 12.1. The first kappa shape index (κ1) is 10.9. The highest BCUT2D eigenvalue weighted by atomic mass is 16.5. The maximum atomic E-state index is 12.1. The number of carbonyl (C=O) groups excluding carboxylic acids is 1. The lowest BCUT2D eigenvalue weighted by Gasteiger charge is -2.35. The molecule has 1 heterocycles. The second-order valence-corrected chi connectivity index (χ2v) is 4.97. The predicted molar refractivity (Wildman–Crippen MR) is 58.5 cm³/mol. The number of ether oxygens (including phenoxy) is 1. The van der Waals surface area contributed by atoms with E-state index in [0.717, 1.165) is 26.1 Å². The molecule has 1 aliphatic heterocycles. The van der Waals surface area contributed by atoms with Crippen LogP contribution in [0.5, 0.6) is 0 Å². The van der Waals surface area contributed by atoms with Crippen molar-refractivity contribution in [2.45, 2.75) is 51.6 Å². The number of hydrogen-bond donors (Lipinski definition) is 0. The van der Waals surface area contributed by atoms with Crippen LogP contribution < -0.4 is 0 Å². The van der Waals surface area contributed by atoms with Gasteiger partial charge in [-0.1, -0.05) is 13.8 Å². The van der Waals surface area contributed by atoms with Crippen LogP contribution in [-0.2, 0) is 9.53 Å². The minimum Gasteiger partial charge on any atom is -0.381 e. The largest absolute Gasteiger partial charge is 0.381 e. The summed E-state index contributed by atoms with van der Waals surface area (Å²) in [6.07, 6.45) is 4.45. The SMILES string of the molecule is CC(C)C(=O)N(C1CCOCC1)C1CC1. The molecule has 0 bridgehead atoms. The van der Waals surface area contributed by atoms with Crippen LogP contribution in [-0.4, -0.2) is 36.1 Å². The minimum atomic E-state index is 0.133. The zero-order chi connectivity index (χ0) is 10.8. The quantitative estimate of drug-likeness (QED) is 0.712. The molecule has 0 unspecified atom stereocenters. The van der Waals surface area contributed by atoms with E-state index >= 15 is 0 Å². The van der Waals surface area contributed by atoms with Crippen molar-refractivity contribution in [2.24, 2.45) is 5.92 Å². The zero-order valence-corrected chi connectivity index (χ0v) is 9.74. The van der Waals surface area contributed by atoms with Gasteiger partial charge in [-0.2, -0.15) is 0 Å². The van der Waals surface area contributed by atoms with E-state index < -0.39 is 0 Å². The van der Waals surface area contributed by atoms with E-state index in [1.54, 1.807) is 0 Å². The smallest absolute Gasteiger partial charge is 0.225 e. The van der Waals surface area contributed by atoms with Gasteiger partial charge < -0.3 is 9.64 Å². The number of carbonyl (C=O) groups is 1. The van der Waals surface area contributed by atoms with Gasteiger partial charge in [0.05, 0.1) is 0 Å². The van der Waals surface area contributed by atoms with E-state index in [1.807, 2.05) is 13.8 Å². The molecule has 2 rings (SSSR count). The molecular weight excluding hydrogens is 190 g/mol. The van der Waals surface area contributed by atoms with Gasteiger partial charge in [-0.3, -0.25) is 4.79 Å². The third kappa shape index (κ3) is 2.51. The molecule has 3 heteroatoms. The van der Waals surface area contributed by atoms with Gasteiger partial charge in [0.1, 0.15) is 0 Å². The summed E-state index contributed by atoms with van der Waals surface area (Å²) in [4.78, 5) is 14.3. The van der Waals surface area contributed by atoms with Gasteiger partial charge in [0.25, 0.3) is 0 Å². The molecule has 86 valence electrons. The third-order valence-corrected chi connectivity index (χ3v) is 3.27. The van der Waals surface area contributed by atoms with Crippen molar-refractivity contribution in [3.63, 3.8) is 0 Å². The van der Waals surface area contributed by atoms with E-state index in [-0.39, 0.29) is 5.92 Å². The molecule has 2 aliphatic rings. The Balaban J connectivity index is 2.01. The Morgan fingerprint density at radius 1 is 1.13 bits per heavy atom. The molecule has 1 aliphatic carbocycles. The molecule has 2 fully saturated rings. The normalized spacial score (nSPS) is 23.1. The van der Waals surface area contributed by atoms with Gasteiger partial charge in [0.15, 0.2) is 0 Å². The van der Waals surface area contributed by atoms with Crippen LogP contribution in [0.15, 0.2) is 0 Å². The topological polar surface area (TPSA) is 29.5 Å². The number of rotatable bonds is 3. The molecule has 0 radical (unpaired) electrons. The summed E-state index contributed by atoms with van der Waals surface area (Å²) < 4.78 is 5.35. The first-order chi connectivity index (χ1) is 7.20. The minimum absolute atomic E-state index is 0.133. The summed E-state index contributed by atoms with van der Waals surface area (Å²) in [5.41, 5.74) is 0. The Kier molecular flexibility index (Phi) is 3.29. The van der Waals surface area contributed by atoms with Crippen LogP contribution in [0, 0.1) is 5.92 Å². The van der Waals surface area contributed by atoms with Crippen molar-refractivity contribution in [3.8, 4) is 0 Å². The number of hydrogen-bond acceptors (Lipinski definition) is 2. The van der Waals surface area contributed by atoms with Gasteiger partial charge in [-0.15, -0.1) is 0 Å². The van der Waals surface area contributed by atoms with Gasteiger partial charge >= 0.3 is 0 Å². The number of amides is 1. The molecule has 1 saturated carbocycles. The van der Waals surface area contributed by atoms with Crippen molar-refractivity contribution in [1.82, 2.24) is 4.90 Å². The molecule has 3 nitrogen and oxygen atoms in total. The molecule has 15 heavy (non-hydrogen) atoms. The van der Waals surface area contributed by atoms with Crippen LogP contribution in [0.4, 0.5) is 0 Å². The highest BCUT2D eigenvalue weighted by Gasteiger charge is 2.38. The molecule has 0 aromatic heterocycles. The molecular formula is C12H21NO2. The summed E-state index contributed by atoms with van der Waals surface area (Å²) in [6.45, 7) is 5.63. The van der Waals surface area contributed by atoms with E-state index in [4.69, 9.17) is 4.74 Å². The highest BCUT2D eigenvalue weighted by Crippen LogP contribution is 2.32. The Morgan fingerprint density at radius 3 is 2.13 bits per heavy atom. The van der Waals surface area contributed by atoms with E-state index in [9.17, 15) is 4.79 Å². The van der Waals surface area contributed by atoms with Crippen LogP contribution in [0.2, 0.25) is 0 Å². The van der Waals surface area contributed by atoms with Crippen LogP contribution >= 0.6 is 0 Å². The van der Waals surface area contributed by atoms with Crippen LogP contribution in [0.25, 0.3) is 0 Å². The van der Waals surface area contributed by atoms with Crippen LogP contribution in [0.1, 0.15) is 39.5 Å². The molecule has 0 atom stereocenters. The van der Waals surface area contributed by atoms with E-state index in [1.165, 1.54) is 12.8 Å². The van der Waals surface area contributed by atoms with Gasteiger partial charge in [0, 0.05) is 31.2 Å². The molecule has 1 saturated heterocycles. The standard InChI is InChI=1S/C12H21NO2/c1-9(2)12(14)13(10-3-4-10)11-5-7-15-8-6-11/h9-11H,3-8H2,1-2H3. The number of nitrogens with zero attached hydrogens (tertiary/aromatic N) is 1. The first-order valence-corrected chi connectivity index (χ1v) is 6.10. The Hall–Kier alpha value is -0.570. The third-order valence-electron chi connectivity index (χ3n) is 3.27. The van der Waals surface area contributed by atoms with Crippen LogP contribution in [0.3, 0.4) is 0 Å². The fourth-order valence-corrected chi connectivity index (χ4v) is 2.27. The van der Waals surface area contributed by atoms with Gasteiger partial charge in [-0.25, -0.2) is 0 Å². The summed E-state index contributed by atoms with van der Waals surface area (Å²) >= 11 is 0. The van der Waals surface area contributed by atoms with Crippen molar-refractivity contribution < 1.29 is 9.53 Å². The van der Waals surface area contributed by atoms with Crippen molar-refractivity contribution in [3.05, 3.63) is 0 Å². The van der Waals surface area contributed by atoms with Crippen molar-refractivity contribution in [1.29, 1.82) is 0 Å². The summed E-state index contributed by atoms with van der Waals surface area (Å²) in [7, 11) is 0. The van der Waals surface area contributed by atoms with Crippen molar-refractivity contribution >= 4 is 5.91 Å². The Bertz CT molecular complexity index is 230. The summed E-state index contributed by atoms with van der Waals surface area (Å²) in [5, 5.41) is 0. The molecule has 0 aromatic carbocycles. The summed E-state index contributed by atoms with van der Waals surface area (Å²) in [6, 6.07) is 0.990. The highest BCUT2D eigenvalue weighted by molar-refractivity contribution is 5.79. The molecule has 1 amide bonds. The maximum Gasteiger partial charge on any atom is 0.225 e. The van der Waals surface area contributed by atoms with Crippen molar-refractivity contribution in [2.75, 3.05) is 13.2 Å². The Labute approximate surface area is 91.8 Å². The lowest BCUT2D eigenvalue weighted by molar-refractivity contribution is -0.139. The molecule has 0 aromatic rings.